The van der Waals surface area contributed by atoms with Gasteiger partial charge in [0.15, 0.2) is 0 Å². The van der Waals surface area contributed by atoms with Crippen LogP contribution in [0.1, 0.15) is 13.3 Å². The van der Waals surface area contributed by atoms with Crippen molar-refractivity contribution in [2.24, 2.45) is 0 Å². The van der Waals surface area contributed by atoms with Crippen LogP contribution in [0.5, 0.6) is 0 Å². The van der Waals surface area contributed by atoms with Gasteiger partial charge < -0.3 is 0 Å². The Balaban J connectivity index is 2.57. The number of nitro groups is 1. The first-order valence-corrected chi connectivity index (χ1v) is 4.28. The fourth-order valence-corrected chi connectivity index (χ4v) is 0.790. The molecular weight excluding hydrogens is 200 g/mol. The van der Waals surface area contributed by atoms with E-state index in [9.17, 15) is 14.9 Å². The third-order valence-electron chi connectivity index (χ3n) is 1.61. The molecule has 1 amide bonds. The maximum absolute atomic E-state index is 10.9. The van der Waals surface area contributed by atoms with Gasteiger partial charge in [-0.1, -0.05) is 6.92 Å². The second kappa shape index (κ2) is 4.89. The Bertz CT molecular complexity index is 363. The van der Waals surface area contributed by atoms with Gasteiger partial charge in [-0.3, -0.25) is 25.8 Å². The molecule has 15 heavy (non-hydrogen) atoms. The molecule has 7 nitrogen and oxygen atoms in total. The summed E-state index contributed by atoms with van der Waals surface area (Å²) in [6, 6.07) is 2.71. The molecule has 0 aliphatic carbocycles. The summed E-state index contributed by atoms with van der Waals surface area (Å²) in [5.74, 6) is 0.164. The molecule has 1 rings (SSSR count). The van der Waals surface area contributed by atoms with E-state index >= 15 is 0 Å². The molecule has 0 aliphatic rings. The van der Waals surface area contributed by atoms with Gasteiger partial charge in [0.2, 0.25) is 5.91 Å². The number of carbonyl (C=O) groups is 1. The van der Waals surface area contributed by atoms with Crippen LogP contribution in [0.15, 0.2) is 18.3 Å². The Morgan fingerprint density at radius 1 is 1.60 bits per heavy atom. The molecule has 0 fully saturated rings. The normalized spacial score (nSPS) is 9.40. The largest absolute Gasteiger partial charge is 0.287 e. The molecule has 0 bridgehead atoms. The zero-order valence-corrected chi connectivity index (χ0v) is 8.06. The van der Waals surface area contributed by atoms with Crippen molar-refractivity contribution < 1.29 is 9.72 Å². The van der Waals surface area contributed by atoms with Gasteiger partial charge in [-0.2, -0.15) is 0 Å². The number of nitrogens with one attached hydrogen (secondary N) is 2. The number of aromatic nitrogens is 1. The molecule has 0 atom stereocenters. The van der Waals surface area contributed by atoms with E-state index in [0.717, 1.165) is 6.20 Å². The van der Waals surface area contributed by atoms with Gasteiger partial charge in [0.05, 0.1) is 4.92 Å². The molecule has 2 N–H and O–H groups in total. The van der Waals surface area contributed by atoms with Gasteiger partial charge in [0, 0.05) is 12.5 Å². The quantitative estimate of drug-likeness (QED) is 0.567. The minimum Gasteiger partial charge on any atom is -0.282 e. The second-order valence-electron chi connectivity index (χ2n) is 2.69. The highest BCUT2D eigenvalue weighted by molar-refractivity contribution is 5.76. The minimum atomic E-state index is -0.540. The van der Waals surface area contributed by atoms with Gasteiger partial charge >= 0.3 is 0 Å². The fraction of sp³-hybridized carbons (Fsp3) is 0.250. The molecule has 1 aromatic rings. The summed E-state index contributed by atoms with van der Waals surface area (Å²) in [6.07, 6.45) is 1.46. The minimum absolute atomic E-state index is 0.0950. The van der Waals surface area contributed by atoms with Crippen molar-refractivity contribution in [3.05, 3.63) is 28.4 Å². The number of pyridine rings is 1. The Labute approximate surface area is 85.6 Å². The maximum Gasteiger partial charge on any atom is 0.287 e. The van der Waals surface area contributed by atoms with Crippen LogP contribution in [0, 0.1) is 10.1 Å². The van der Waals surface area contributed by atoms with Crippen molar-refractivity contribution in [2.45, 2.75) is 13.3 Å². The summed E-state index contributed by atoms with van der Waals surface area (Å²) in [6.45, 7) is 1.71. The summed E-state index contributed by atoms with van der Waals surface area (Å²) >= 11 is 0. The smallest absolute Gasteiger partial charge is 0.282 e. The van der Waals surface area contributed by atoms with Gasteiger partial charge in [-0.05, 0) is 6.07 Å². The van der Waals surface area contributed by atoms with E-state index in [1.165, 1.54) is 12.1 Å². The van der Waals surface area contributed by atoms with Crippen LogP contribution in [-0.4, -0.2) is 15.8 Å². The lowest BCUT2D eigenvalue weighted by molar-refractivity contribution is -0.385. The van der Waals surface area contributed by atoms with E-state index in [1.807, 2.05) is 0 Å². The van der Waals surface area contributed by atoms with Crippen LogP contribution >= 0.6 is 0 Å². The number of hydrogen-bond acceptors (Lipinski definition) is 5. The van der Waals surface area contributed by atoms with Crippen LogP contribution in [0.4, 0.5) is 11.5 Å². The lowest BCUT2D eigenvalue weighted by Gasteiger charge is -2.05. The number of nitrogens with zero attached hydrogens (tertiary/aromatic N) is 2. The van der Waals surface area contributed by atoms with E-state index in [-0.39, 0.29) is 11.6 Å². The number of amides is 1. The molecule has 0 unspecified atom stereocenters. The highest BCUT2D eigenvalue weighted by atomic mass is 16.6. The Hall–Kier alpha value is -2.18. The van der Waals surface area contributed by atoms with Gasteiger partial charge in [0.25, 0.3) is 5.69 Å². The molecule has 1 heterocycles. The van der Waals surface area contributed by atoms with E-state index in [2.05, 4.69) is 15.8 Å². The molecule has 0 spiro atoms. The lowest BCUT2D eigenvalue weighted by atomic mass is 10.4. The van der Waals surface area contributed by atoms with Crippen LogP contribution in [0.3, 0.4) is 0 Å². The number of anilines is 1. The second-order valence-corrected chi connectivity index (χ2v) is 2.69. The van der Waals surface area contributed by atoms with Crippen LogP contribution in [0.25, 0.3) is 0 Å². The lowest BCUT2D eigenvalue weighted by Crippen LogP contribution is -2.28. The van der Waals surface area contributed by atoms with Crippen molar-refractivity contribution in [2.75, 3.05) is 5.43 Å². The molecule has 0 radical (unpaired) electrons. The summed E-state index contributed by atoms with van der Waals surface area (Å²) in [5, 5.41) is 10.3. The first-order valence-electron chi connectivity index (χ1n) is 4.28. The Kier molecular flexibility index (Phi) is 3.55. The molecular formula is C8H10N4O3. The van der Waals surface area contributed by atoms with Gasteiger partial charge in [-0.25, -0.2) is 4.98 Å². The SMILES string of the molecule is CCC(=O)NNc1ccc([N+](=O)[O-])cn1. The number of hydrogen-bond donors (Lipinski definition) is 2. The summed E-state index contributed by atoms with van der Waals surface area (Å²) < 4.78 is 0. The van der Waals surface area contributed by atoms with Crippen LogP contribution in [0.2, 0.25) is 0 Å². The molecule has 0 saturated heterocycles. The predicted molar refractivity (Wildman–Crippen MR) is 52.9 cm³/mol. The third-order valence-corrected chi connectivity index (χ3v) is 1.61. The Morgan fingerprint density at radius 3 is 2.80 bits per heavy atom. The number of hydrazine groups is 1. The average molecular weight is 210 g/mol. The van der Waals surface area contributed by atoms with Crippen LogP contribution in [-0.2, 0) is 4.79 Å². The fourth-order valence-electron chi connectivity index (χ4n) is 0.790. The Morgan fingerprint density at radius 2 is 2.33 bits per heavy atom. The van der Waals surface area contributed by atoms with Crippen molar-refractivity contribution in [3.63, 3.8) is 0 Å². The number of rotatable bonds is 4. The number of carbonyl (C=O) groups excluding carboxylic acids is 1. The zero-order valence-electron chi connectivity index (χ0n) is 8.06. The molecule has 0 aromatic carbocycles. The van der Waals surface area contributed by atoms with Crippen LogP contribution < -0.4 is 10.9 Å². The first-order chi connectivity index (χ1) is 7.13. The topological polar surface area (TPSA) is 97.2 Å². The molecule has 0 saturated carbocycles. The third kappa shape index (κ3) is 3.22. The maximum atomic E-state index is 10.9. The van der Waals surface area contributed by atoms with Crippen molar-refractivity contribution >= 4 is 17.4 Å². The van der Waals surface area contributed by atoms with Crippen molar-refractivity contribution in [1.82, 2.24) is 10.4 Å². The molecule has 0 aliphatic heterocycles. The van der Waals surface area contributed by atoms with Gasteiger partial charge in [-0.15, -0.1) is 0 Å². The summed E-state index contributed by atoms with van der Waals surface area (Å²) in [7, 11) is 0. The van der Waals surface area contributed by atoms with Crippen molar-refractivity contribution in [3.8, 4) is 0 Å². The predicted octanol–water partition coefficient (Wildman–Crippen LogP) is 0.843. The molecule has 7 heteroatoms. The highest BCUT2D eigenvalue weighted by Crippen LogP contribution is 2.10. The van der Waals surface area contributed by atoms with E-state index in [4.69, 9.17) is 0 Å². The van der Waals surface area contributed by atoms with E-state index in [1.54, 1.807) is 6.92 Å². The van der Waals surface area contributed by atoms with E-state index < -0.39 is 4.92 Å². The standard InChI is InChI=1S/C8H10N4O3/c1-2-8(13)11-10-7-4-3-6(5-9-7)12(14)15/h3-5H,2H2,1H3,(H,9,10)(H,11,13). The van der Waals surface area contributed by atoms with Crippen molar-refractivity contribution in [1.29, 1.82) is 0 Å². The summed E-state index contributed by atoms with van der Waals surface area (Å²) in [5.41, 5.74) is 4.81. The molecule has 1 aromatic heterocycles. The molecule has 80 valence electrons. The van der Waals surface area contributed by atoms with E-state index in [0.29, 0.717) is 12.2 Å². The highest BCUT2D eigenvalue weighted by Gasteiger charge is 2.04. The zero-order chi connectivity index (χ0) is 11.3. The average Bonchev–Trinajstić information content (AvgIpc) is 2.26. The van der Waals surface area contributed by atoms with Gasteiger partial charge in [0.1, 0.15) is 12.0 Å². The summed E-state index contributed by atoms with van der Waals surface area (Å²) in [4.78, 5) is 24.3. The monoisotopic (exact) mass is 210 g/mol. The first kappa shape index (κ1) is 10.9.